The summed E-state index contributed by atoms with van der Waals surface area (Å²) in [7, 11) is 1.68. The molecule has 0 unspecified atom stereocenters. The van der Waals surface area contributed by atoms with Crippen LogP contribution in [0, 0.1) is 0 Å². The molecular formula is C19H17NO. The Bertz CT molecular complexity index is 724. The van der Waals surface area contributed by atoms with Crippen molar-refractivity contribution in [1.82, 2.24) is 4.98 Å². The maximum atomic E-state index is 5.18. The van der Waals surface area contributed by atoms with Crippen molar-refractivity contribution >= 4 is 12.2 Å². The molecule has 21 heavy (non-hydrogen) atoms. The summed E-state index contributed by atoms with van der Waals surface area (Å²) in [6.07, 6.45) is 6.23. The van der Waals surface area contributed by atoms with Crippen molar-refractivity contribution in [2.24, 2.45) is 0 Å². The lowest BCUT2D eigenvalue weighted by molar-refractivity contribution is 0.415. The topological polar surface area (TPSA) is 25.0 Å². The molecule has 2 heteroatoms. The van der Waals surface area contributed by atoms with E-state index in [1.807, 2.05) is 36.5 Å². The van der Waals surface area contributed by atoms with Gasteiger partial charge in [-0.1, -0.05) is 42.5 Å². The van der Waals surface area contributed by atoms with Gasteiger partial charge in [0, 0.05) is 11.9 Å². The van der Waals surface area contributed by atoms with Gasteiger partial charge in [0.25, 0.3) is 0 Å². The molecule has 0 radical (unpaired) electrons. The van der Waals surface area contributed by atoms with E-state index in [4.69, 9.17) is 4.74 Å². The van der Waals surface area contributed by atoms with Crippen molar-refractivity contribution in [3.63, 3.8) is 0 Å². The van der Waals surface area contributed by atoms with Crippen LogP contribution in [0.5, 0.6) is 5.75 Å². The predicted molar refractivity (Wildman–Crippen MR) is 88.2 cm³/mol. The molecule has 1 aromatic heterocycles. The monoisotopic (exact) mass is 275 g/mol. The van der Waals surface area contributed by atoms with Gasteiger partial charge < -0.3 is 9.72 Å². The minimum atomic E-state index is 0.870. The molecule has 0 fully saturated rings. The molecule has 2 nitrogen and oxygen atoms in total. The lowest BCUT2D eigenvalue weighted by atomic mass is 10.1. The van der Waals surface area contributed by atoms with Crippen LogP contribution >= 0.6 is 0 Å². The van der Waals surface area contributed by atoms with Crippen LogP contribution in [0.2, 0.25) is 0 Å². The highest BCUT2D eigenvalue weighted by molar-refractivity contribution is 5.72. The largest absolute Gasteiger partial charge is 0.497 e. The highest BCUT2D eigenvalue weighted by Crippen LogP contribution is 2.22. The molecule has 1 heterocycles. The third-order valence-electron chi connectivity index (χ3n) is 3.37. The van der Waals surface area contributed by atoms with E-state index in [1.165, 1.54) is 5.56 Å². The molecule has 3 aromatic rings. The second-order valence-electron chi connectivity index (χ2n) is 4.82. The smallest absolute Gasteiger partial charge is 0.118 e. The molecule has 104 valence electrons. The standard InChI is InChI=1S/C19H17NO/c1-21-18-11-9-17(10-12-18)19-13-16(14-20-19)8-7-15-5-3-2-4-6-15/h2-14,20H,1H3/b8-7+. The number of methoxy groups -OCH3 is 1. The Morgan fingerprint density at radius 1 is 0.857 bits per heavy atom. The zero-order valence-corrected chi connectivity index (χ0v) is 11.9. The van der Waals surface area contributed by atoms with Crippen LogP contribution < -0.4 is 4.74 Å². The molecule has 0 aliphatic heterocycles. The van der Waals surface area contributed by atoms with Crippen LogP contribution in [0.4, 0.5) is 0 Å². The average Bonchev–Trinajstić information content (AvgIpc) is 3.03. The lowest BCUT2D eigenvalue weighted by Crippen LogP contribution is -1.82. The van der Waals surface area contributed by atoms with Gasteiger partial charge in [0.1, 0.15) is 5.75 Å². The highest BCUT2D eigenvalue weighted by atomic mass is 16.5. The first-order valence-electron chi connectivity index (χ1n) is 6.91. The molecule has 0 saturated heterocycles. The molecule has 2 aromatic carbocycles. The molecule has 0 aliphatic rings. The van der Waals surface area contributed by atoms with Crippen molar-refractivity contribution in [2.75, 3.05) is 7.11 Å². The summed E-state index contributed by atoms with van der Waals surface area (Å²) in [6, 6.07) is 20.5. The van der Waals surface area contributed by atoms with E-state index in [1.54, 1.807) is 7.11 Å². The summed E-state index contributed by atoms with van der Waals surface area (Å²) in [5.41, 5.74) is 4.61. The second kappa shape index (κ2) is 6.14. The zero-order chi connectivity index (χ0) is 14.5. The van der Waals surface area contributed by atoms with Gasteiger partial charge in [-0.15, -0.1) is 0 Å². The molecule has 0 aliphatic carbocycles. The summed E-state index contributed by atoms with van der Waals surface area (Å²) < 4.78 is 5.18. The van der Waals surface area contributed by atoms with Gasteiger partial charge in [-0.05, 0) is 47.0 Å². The van der Waals surface area contributed by atoms with E-state index < -0.39 is 0 Å². The van der Waals surface area contributed by atoms with Crippen LogP contribution in [0.1, 0.15) is 11.1 Å². The van der Waals surface area contributed by atoms with E-state index in [0.29, 0.717) is 0 Å². The maximum Gasteiger partial charge on any atom is 0.118 e. The summed E-state index contributed by atoms with van der Waals surface area (Å²) in [4.78, 5) is 3.30. The number of rotatable bonds is 4. The van der Waals surface area contributed by atoms with Crippen LogP contribution in [-0.4, -0.2) is 12.1 Å². The maximum absolute atomic E-state index is 5.18. The molecule has 0 spiro atoms. The van der Waals surface area contributed by atoms with Crippen molar-refractivity contribution in [3.8, 4) is 17.0 Å². The van der Waals surface area contributed by atoms with Crippen LogP contribution in [-0.2, 0) is 0 Å². The number of aromatic nitrogens is 1. The van der Waals surface area contributed by atoms with E-state index in [2.05, 4.69) is 47.5 Å². The SMILES string of the molecule is COc1ccc(-c2cc(/C=C/c3ccccc3)c[nH]2)cc1. The quantitative estimate of drug-likeness (QED) is 0.722. The Morgan fingerprint density at radius 2 is 1.57 bits per heavy atom. The van der Waals surface area contributed by atoms with Gasteiger partial charge in [-0.3, -0.25) is 0 Å². The fourth-order valence-corrected chi connectivity index (χ4v) is 2.20. The number of ether oxygens (including phenoxy) is 1. The molecule has 0 atom stereocenters. The van der Waals surface area contributed by atoms with Crippen LogP contribution in [0.25, 0.3) is 23.4 Å². The third-order valence-corrected chi connectivity index (χ3v) is 3.37. The lowest BCUT2D eigenvalue weighted by Gasteiger charge is -2.01. The Morgan fingerprint density at radius 3 is 2.29 bits per heavy atom. The van der Waals surface area contributed by atoms with Crippen LogP contribution in [0.15, 0.2) is 66.9 Å². The predicted octanol–water partition coefficient (Wildman–Crippen LogP) is 4.86. The third kappa shape index (κ3) is 3.23. The number of aromatic amines is 1. The molecular weight excluding hydrogens is 258 g/mol. The number of hydrogen-bond donors (Lipinski definition) is 1. The zero-order valence-electron chi connectivity index (χ0n) is 11.9. The number of nitrogens with one attached hydrogen (secondary N) is 1. The van der Waals surface area contributed by atoms with Crippen molar-refractivity contribution in [3.05, 3.63) is 78.0 Å². The summed E-state index contributed by atoms with van der Waals surface area (Å²) in [6.45, 7) is 0. The Kier molecular flexibility index (Phi) is 3.88. The number of H-pyrrole nitrogens is 1. The van der Waals surface area contributed by atoms with Gasteiger partial charge in [-0.25, -0.2) is 0 Å². The van der Waals surface area contributed by atoms with E-state index in [-0.39, 0.29) is 0 Å². The van der Waals surface area contributed by atoms with Gasteiger partial charge >= 0.3 is 0 Å². The first kappa shape index (κ1) is 13.3. The molecule has 1 N–H and O–H groups in total. The van der Waals surface area contributed by atoms with E-state index in [0.717, 1.165) is 22.6 Å². The Hall–Kier alpha value is -2.74. The first-order valence-corrected chi connectivity index (χ1v) is 6.91. The molecule has 0 amide bonds. The molecule has 3 rings (SSSR count). The first-order chi connectivity index (χ1) is 10.3. The Labute approximate surface area is 124 Å². The minimum absolute atomic E-state index is 0.870. The summed E-state index contributed by atoms with van der Waals surface area (Å²) >= 11 is 0. The van der Waals surface area contributed by atoms with Crippen molar-refractivity contribution in [2.45, 2.75) is 0 Å². The van der Waals surface area contributed by atoms with Gasteiger partial charge in [-0.2, -0.15) is 0 Å². The van der Waals surface area contributed by atoms with E-state index >= 15 is 0 Å². The minimum Gasteiger partial charge on any atom is -0.497 e. The average molecular weight is 275 g/mol. The van der Waals surface area contributed by atoms with Gasteiger partial charge in [0.05, 0.1) is 7.11 Å². The second-order valence-corrected chi connectivity index (χ2v) is 4.82. The molecule has 0 saturated carbocycles. The fourth-order valence-electron chi connectivity index (χ4n) is 2.20. The summed E-state index contributed by atoms with van der Waals surface area (Å²) in [5.74, 6) is 0.870. The molecule has 0 bridgehead atoms. The summed E-state index contributed by atoms with van der Waals surface area (Å²) in [5, 5.41) is 0. The van der Waals surface area contributed by atoms with Crippen molar-refractivity contribution < 1.29 is 4.74 Å². The number of hydrogen-bond acceptors (Lipinski definition) is 1. The van der Waals surface area contributed by atoms with Gasteiger partial charge in [0.15, 0.2) is 0 Å². The van der Waals surface area contributed by atoms with Gasteiger partial charge in [0.2, 0.25) is 0 Å². The Balaban J connectivity index is 1.78. The highest BCUT2D eigenvalue weighted by Gasteiger charge is 2.00. The normalized spacial score (nSPS) is 10.9. The van der Waals surface area contributed by atoms with E-state index in [9.17, 15) is 0 Å². The fraction of sp³-hybridized carbons (Fsp3) is 0.0526. The number of benzene rings is 2. The van der Waals surface area contributed by atoms with Crippen molar-refractivity contribution in [1.29, 1.82) is 0 Å². The van der Waals surface area contributed by atoms with Crippen LogP contribution in [0.3, 0.4) is 0 Å².